The Morgan fingerprint density at radius 1 is 1.08 bits per heavy atom. The monoisotopic (exact) mass is 345 g/mol. The molecule has 130 valence electrons. The van der Waals surface area contributed by atoms with Gasteiger partial charge in [0.2, 0.25) is 0 Å². The quantitative estimate of drug-likeness (QED) is 0.503. The number of hydrogen-bond acceptors (Lipinski definition) is 3. The average Bonchev–Trinajstić information content (AvgIpc) is 3.02. The highest BCUT2D eigenvalue weighted by atomic mass is 16.5. The summed E-state index contributed by atoms with van der Waals surface area (Å²) in [5, 5.41) is 12.5. The molecule has 4 heteroatoms. The molecule has 0 atom stereocenters. The summed E-state index contributed by atoms with van der Waals surface area (Å²) in [6, 6.07) is 17.6. The molecule has 0 aliphatic carbocycles. The third kappa shape index (κ3) is 2.34. The first kappa shape index (κ1) is 16.2. The molecule has 4 rings (SSSR count). The van der Waals surface area contributed by atoms with Gasteiger partial charge in [-0.1, -0.05) is 48.5 Å². The van der Waals surface area contributed by atoms with Crippen LogP contribution in [0.1, 0.15) is 22.8 Å². The van der Waals surface area contributed by atoms with E-state index in [9.17, 15) is 9.90 Å². The zero-order valence-corrected chi connectivity index (χ0v) is 14.7. The van der Waals surface area contributed by atoms with Gasteiger partial charge in [-0.15, -0.1) is 0 Å². The molecule has 0 unspecified atom stereocenters. The third-order valence-corrected chi connectivity index (χ3v) is 4.72. The number of aromatic nitrogens is 1. The van der Waals surface area contributed by atoms with E-state index in [0.29, 0.717) is 10.9 Å². The summed E-state index contributed by atoms with van der Waals surface area (Å²) < 4.78 is 5.22. The number of nitrogens with one attached hydrogen (secondary N) is 1. The molecule has 0 fully saturated rings. The van der Waals surface area contributed by atoms with Crippen LogP contribution in [0, 0.1) is 6.92 Å². The Labute approximate surface area is 151 Å². The SMILES string of the molecule is CCOC(=O)c1c(O)c(C)c(-c2ccccc2)c2[nH]c3ccccc3c12. The van der Waals surface area contributed by atoms with Crippen molar-refractivity contribution in [1.29, 1.82) is 0 Å². The Kier molecular flexibility index (Phi) is 3.88. The number of ether oxygens (including phenoxy) is 1. The fraction of sp³-hybridized carbons (Fsp3) is 0.136. The lowest BCUT2D eigenvalue weighted by Gasteiger charge is -2.14. The molecule has 0 aliphatic heterocycles. The number of phenolic OH excluding ortho intramolecular Hbond substituents is 1. The smallest absolute Gasteiger partial charge is 0.342 e. The van der Waals surface area contributed by atoms with Gasteiger partial charge in [0.1, 0.15) is 11.3 Å². The summed E-state index contributed by atoms with van der Waals surface area (Å²) in [4.78, 5) is 16.1. The number of rotatable bonds is 3. The van der Waals surface area contributed by atoms with Gasteiger partial charge in [-0.25, -0.2) is 4.79 Å². The fourth-order valence-corrected chi connectivity index (χ4v) is 3.57. The number of benzene rings is 3. The van der Waals surface area contributed by atoms with Crippen LogP contribution in [-0.2, 0) is 4.74 Å². The van der Waals surface area contributed by atoms with Crippen LogP contribution in [0.15, 0.2) is 54.6 Å². The van der Waals surface area contributed by atoms with Crippen molar-refractivity contribution in [2.45, 2.75) is 13.8 Å². The molecule has 0 saturated heterocycles. The predicted octanol–water partition coefficient (Wildman–Crippen LogP) is 5.18. The van der Waals surface area contributed by atoms with Gasteiger partial charge in [-0.2, -0.15) is 0 Å². The molecule has 4 aromatic rings. The summed E-state index contributed by atoms with van der Waals surface area (Å²) in [5.41, 5.74) is 4.48. The second kappa shape index (κ2) is 6.23. The maximum absolute atomic E-state index is 12.6. The van der Waals surface area contributed by atoms with E-state index in [2.05, 4.69) is 4.98 Å². The number of carbonyl (C=O) groups excluding carboxylic acids is 1. The number of hydrogen-bond donors (Lipinski definition) is 2. The van der Waals surface area contributed by atoms with Crippen molar-refractivity contribution in [3.05, 3.63) is 65.7 Å². The second-order valence-corrected chi connectivity index (χ2v) is 6.23. The minimum Gasteiger partial charge on any atom is -0.507 e. The molecular formula is C22H19NO3. The van der Waals surface area contributed by atoms with Gasteiger partial charge in [0.05, 0.1) is 12.1 Å². The van der Waals surface area contributed by atoms with Gasteiger partial charge in [0, 0.05) is 27.4 Å². The Morgan fingerprint density at radius 2 is 1.77 bits per heavy atom. The van der Waals surface area contributed by atoms with Gasteiger partial charge in [0.15, 0.2) is 0 Å². The molecule has 0 amide bonds. The summed E-state index contributed by atoms with van der Waals surface area (Å²) in [7, 11) is 0. The number of H-pyrrole nitrogens is 1. The van der Waals surface area contributed by atoms with Gasteiger partial charge < -0.3 is 14.8 Å². The van der Waals surface area contributed by atoms with Crippen molar-refractivity contribution in [2.24, 2.45) is 0 Å². The van der Waals surface area contributed by atoms with Crippen LogP contribution in [0.5, 0.6) is 5.75 Å². The number of phenols is 1. The number of para-hydroxylation sites is 1. The lowest BCUT2D eigenvalue weighted by atomic mass is 9.92. The number of fused-ring (bicyclic) bond motifs is 3. The van der Waals surface area contributed by atoms with Crippen LogP contribution in [-0.4, -0.2) is 22.7 Å². The molecule has 4 nitrogen and oxygen atoms in total. The van der Waals surface area contributed by atoms with Crippen LogP contribution in [0.4, 0.5) is 0 Å². The van der Waals surface area contributed by atoms with E-state index in [-0.39, 0.29) is 17.9 Å². The molecular weight excluding hydrogens is 326 g/mol. The Hall–Kier alpha value is -3.27. The summed E-state index contributed by atoms with van der Waals surface area (Å²) >= 11 is 0. The molecule has 0 radical (unpaired) electrons. The topological polar surface area (TPSA) is 62.3 Å². The first-order chi connectivity index (χ1) is 12.6. The molecule has 0 bridgehead atoms. The number of esters is 1. The van der Waals surface area contributed by atoms with Crippen molar-refractivity contribution < 1.29 is 14.6 Å². The van der Waals surface area contributed by atoms with Gasteiger partial charge >= 0.3 is 5.97 Å². The van der Waals surface area contributed by atoms with Gasteiger partial charge in [-0.3, -0.25) is 0 Å². The first-order valence-electron chi connectivity index (χ1n) is 8.62. The van der Waals surface area contributed by atoms with E-state index in [4.69, 9.17) is 4.74 Å². The number of carbonyl (C=O) groups is 1. The largest absolute Gasteiger partial charge is 0.507 e. The lowest BCUT2D eigenvalue weighted by molar-refractivity contribution is 0.0525. The highest BCUT2D eigenvalue weighted by molar-refractivity contribution is 6.21. The van der Waals surface area contributed by atoms with Crippen molar-refractivity contribution in [2.75, 3.05) is 6.61 Å². The zero-order valence-electron chi connectivity index (χ0n) is 14.7. The number of aromatic amines is 1. The molecule has 3 aromatic carbocycles. The van der Waals surface area contributed by atoms with E-state index in [1.807, 2.05) is 61.5 Å². The molecule has 0 spiro atoms. The predicted molar refractivity (Wildman–Crippen MR) is 104 cm³/mol. The van der Waals surface area contributed by atoms with Crippen molar-refractivity contribution in [3.8, 4) is 16.9 Å². The first-order valence-corrected chi connectivity index (χ1v) is 8.62. The lowest BCUT2D eigenvalue weighted by Crippen LogP contribution is -2.07. The maximum atomic E-state index is 12.6. The molecule has 0 saturated carbocycles. The van der Waals surface area contributed by atoms with Crippen LogP contribution in [0.25, 0.3) is 32.9 Å². The summed E-state index contributed by atoms with van der Waals surface area (Å²) in [5.74, 6) is -0.540. The zero-order chi connectivity index (χ0) is 18.3. The van der Waals surface area contributed by atoms with E-state index in [0.717, 1.165) is 27.5 Å². The van der Waals surface area contributed by atoms with Crippen LogP contribution >= 0.6 is 0 Å². The summed E-state index contributed by atoms with van der Waals surface area (Å²) in [6.07, 6.45) is 0. The molecule has 2 N–H and O–H groups in total. The molecule has 1 aromatic heterocycles. The highest BCUT2D eigenvalue weighted by Crippen LogP contribution is 2.43. The van der Waals surface area contributed by atoms with Crippen LogP contribution < -0.4 is 0 Å². The normalized spacial score (nSPS) is 11.2. The van der Waals surface area contributed by atoms with Crippen molar-refractivity contribution >= 4 is 27.8 Å². The van der Waals surface area contributed by atoms with Crippen molar-refractivity contribution in [1.82, 2.24) is 4.98 Å². The highest BCUT2D eigenvalue weighted by Gasteiger charge is 2.25. The minimum absolute atomic E-state index is 0.0282. The molecule has 26 heavy (non-hydrogen) atoms. The van der Waals surface area contributed by atoms with E-state index in [1.54, 1.807) is 6.92 Å². The van der Waals surface area contributed by atoms with Gasteiger partial charge in [0.25, 0.3) is 0 Å². The van der Waals surface area contributed by atoms with Crippen LogP contribution in [0.2, 0.25) is 0 Å². The Balaban J connectivity index is 2.20. The van der Waals surface area contributed by atoms with Crippen molar-refractivity contribution in [3.63, 3.8) is 0 Å². The van der Waals surface area contributed by atoms with E-state index >= 15 is 0 Å². The Morgan fingerprint density at radius 3 is 2.50 bits per heavy atom. The molecule has 0 aliphatic rings. The third-order valence-electron chi connectivity index (χ3n) is 4.72. The fourth-order valence-electron chi connectivity index (χ4n) is 3.57. The minimum atomic E-state index is -0.512. The second-order valence-electron chi connectivity index (χ2n) is 6.23. The Bertz CT molecular complexity index is 1130. The standard InChI is InChI=1S/C22H19NO3/c1-3-26-22(25)19-18-15-11-7-8-12-16(15)23-20(18)17(13(2)21(19)24)14-9-5-4-6-10-14/h4-12,23-24H,3H2,1-2H3. The maximum Gasteiger partial charge on any atom is 0.342 e. The van der Waals surface area contributed by atoms with E-state index in [1.165, 1.54) is 0 Å². The molecule has 1 heterocycles. The number of aromatic hydroxyl groups is 1. The van der Waals surface area contributed by atoms with Crippen LogP contribution in [0.3, 0.4) is 0 Å². The van der Waals surface area contributed by atoms with E-state index < -0.39 is 5.97 Å². The summed E-state index contributed by atoms with van der Waals surface area (Å²) in [6.45, 7) is 3.83. The van der Waals surface area contributed by atoms with Gasteiger partial charge in [-0.05, 0) is 25.5 Å². The average molecular weight is 345 g/mol.